The van der Waals surface area contributed by atoms with Crippen molar-refractivity contribution < 1.29 is 14.3 Å². The van der Waals surface area contributed by atoms with Crippen molar-refractivity contribution >= 4 is 11.7 Å². The molecular weight excluding hydrogens is 356 g/mol. The third-order valence-electron chi connectivity index (χ3n) is 5.75. The average molecular weight is 382 g/mol. The van der Waals surface area contributed by atoms with Gasteiger partial charge < -0.3 is 19.3 Å². The molecule has 1 aromatic carbocycles. The molecule has 7 nitrogen and oxygen atoms in total. The zero-order chi connectivity index (χ0) is 19.5. The van der Waals surface area contributed by atoms with E-state index in [1.165, 1.54) is 5.56 Å². The summed E-state index contributed by atoms with van der Waals surface area (Å²) in [5, 5.41) is 0. The van der Waals surface area contributed by atoms with Crippen LogP contribution in [0, 0.1) is 5.92 Å². The Labute approximate surface area is 165 Å². The van der Waals surface area contributed by atoms with Crippen LogP contribution >= 0.6 is 0 Å². The standard InChI is InChI=1S/C21H26N4O3/c1-27-18-11-16-5-10-25(14-17(16)12-19(18)28-2)21(26)15-3-8-24(9-4-15)20-13-22-6-7-23-20/h6-7,11-13,15H,3-5,8-10,14H2,1-2H3. The molecule has 0 bridgehead atoms. The van der Waals surface area contributed by atoms with Crippen molar-refractivity contribution in [1.82, 2.24) is 14.9 Å². The molecule has 0 saturated carbocycles. The molecule has 1 saturated heterocycles. The highest BCUT2D eigenvalue weighted by Crippen LogP contribution is 2.34. The Bertz CT molecular complexity index is 835. The molecule has 0 N–H and O–H groups in total. The van der Waals surface area contributed by atoms with Crippen molar-refractivity contribution in [2.75, 3.05) is 38.8 Å². The molecule has 28 heavy (non-hydrogen) atoms. The average Bonchev–Trinajstić information content (AvgIpc) is 2.78. The van der Waals surface area contributed by atoms with Crippen molar-refractivity contribution in [1.29, 1.82) is 0 Å². The van der Waals surface area contributed by atoms with E-state index in [4.69, 9.17) is 9.47 Å². The van der Waals surface area contributed by atoms with Crippen LogP contribution in [-0.4, -0.2) is 54.6 Å². The zero-order valence-corrected chi connectivity index (χ0v) is 16.4. The van der Waals surface area contributed by atoms with Crippen LogP contribution in [-0.2, 0) is 17.8 Å². The first kappa shape index (κ1) is 18.5. The summed E-state index contributed by atoms with van der Waals surface area (Å²) < 4.78 is 10.8. The number of methoxy groups -OCH3 is 2. The van der Waals surface area contributed by atoms with E-state index in [1.54, 1.807) is 32.8 Å². The van der Waals surface area contributed by atoms with Crippen LogP contribution in [0.5, 0.6) is 11.5 Å². The number of aromatic nitrogens is 2. The van der Waals surface area contributed by atoms with Crippen molar-refractivity contribution in [2.45, 2.75) is 25.8 Å². The first-order valence-corrected chi connectivity index (χ1v) is 9.73. The van der Waals surface area contributed by atoms with Gasteiger partial charge in [0.2, 0.25) is 5.91 Å². The fourth-order valence-electron chi connectivity index (χ4n) is 4.14. The maximum Gasteiger partial charge on any atom is 0.226 e. The predicted molar refractivity (Wildman–Crippen MR) is 106 cm³/mol. The summed E-state index contributed by atoms with van der Waals surface area (Å²) in [7, 11) is 3.29. The molecule has 4 rings (SSSR count). The molecule has 2 aromatic rings. The summed E-state index contributed by atoms with van der Waals surface area (Å²) in [6.45, 7) is 3.07. The van der Waals surface area contributed by atoms with Gasteiger partial charge in [-0.1, -0.05) is 0 Å². The highest BCUT2D eigenvalue weighted by molar-refractivity contribution is 5.79. The van der Waals surface area contributed by atoms with Crippen molar-refractivity contribution in [3.63, 3.8) is 0 Å². The number of rotatable bonds is 4. The van der Waals surface area contributed by atoms with Gasteiger partial charge in [0.15, 0.2) is 11.5 Å². The molecule has 0 atom stereocenters. The van der Waals surface area contributed by atoms with E-state index >= 15 is 0 Å². The zero-order valence-electron chi connectivity index (χ0n) is 16.4. The van der Waals surface area contributed by atoms with Gasteiger partial charge in [-0.3, -0.25) is 9.78 Å². The number of carbonyl (C=O) groups excluding carboxylic acids is 1. The number of ether oxygens (including phenoxy) is 2. The first-order valence-electron chi connectivity index (χ1n) is 9.73. The molecule has 148 valence electrons. The number of amides is 1. The van der Waals surface area contributed by atoms with Gasteiger partial charge in [-0.25, -0.2) is 4.98 Å². The SMILES string of the molecule is COc1cc2c(cc1OC)CN(C(=O)C1CCN(c3cnccn3)CC1)CC2. The minimum atomic E-state index is 0.0783. The summed E-state index contributed by atoms with van der Waals surface area (Å²) in [6.07, 6.45) is 7.72. The van der Waals surface area contributed by atoms with Gasteiger partial charge in [0.05, 0.1) is 20.4 Å². The quantitative estimate of drug-likeness (QED) is 0.808. The minimum absolute atomic E-state index is 0.0783. The lowest BCUT2D eigenvalue weighted by atomic mass is 9.93. The van der Waals surface area contributed by atoms with Crippen LogP contribution in [0.4, 0.5) is 5.82 Å². The Morgan fingerprint density at radius 1 is 1.04 bits per heavy atom. The van der Waals surface area contributed by atoms with Crippen LogP contribution in [0.2, 0.25) is 0 Å². The maximum absolute atomic E-state index is 13.1. The molecule has 2 aliphatic heterocycles. The maximum atomic E-state index is 13.1. The van der Waals surface area contributed by atoms with E-state index < -0.39 is 0 Å². The Morgan fingerprint density at radius 2 is 1.75 bits per heavy atom. The summed E-state index contributed by atoms with van der Waals surface area (Å²) in [5.41, 5.74) is 2.38. The topological polar surface area (TPSA) is 67.8 Å². The number of benzene rings is 1. The van der Waals surface area contributed by atoms with Gasteiger partial charge in [0.25, 0.3) is 0 Å². The molecule has 2 aliphatic rings. The van der Waals surface area contributed by atoms with Crippen molar-refractivity contribution in [2.24, 2.45) is 5.92 Å². The Hall–Kier alpha value is -2.83. The predicted octanol–water partition coefficient (Wildman–Crippen LogP) is 2.30. The second-order valence-corrected chi connectivity index (χ2v) is 7.31. The van der Waals surface area contributed by atoms with E-state index in [0.717, 1.165) is 56.0 Å². The monoisotopic (exact) mass is 382 g/mol. The summed E-state index contributed by atoms with van der Waals surface area (Å²) in [4.78, 5) is 25.8. The molecule has 0 spiro atoms. The summed E-state index contributed by atoms with van der Waals surface area (Å²) in [5.74, 6) is 2.69. The number of hydrogen-bond acceptors (Lipinski definition) is 6. The van der Waals surface area contributed by atoms with E-state index in [1.807, 2.05) is 17.0 Å². The number of hydrogen-bond donors (Lipinski definition) is 0. The molecule has 0 radical (unpaired) electrons. The second kappa shape index (κ2) is 8.04. The fourth-order valence-corrected chi connectivity index (χ4v) is 4.14. The van der Waals surface area contributed by atoms with E-state index in [-0.39, 0.29) is 11.8 Å². The number of fused-ring (bicyclic) bond motifs is 1. The lowest BCUT2D eigenvalue weighted by molar-refractivity contribution is -0.137. The lowest BCUT2D eigenvalue weighted by Crippen LogP contribution is -2.44. The molecule has 0 aliphatic carbocycles. The van der Waals surface area contributed by atoms with Gasteiger partial charge in [0, 0.05) is 44.5 Å². The summed E-state index contributed by atoms with van der Waals surface area (Å²) >= 11 is 0. The van der Waals surface area contributed by atoms with Crippen molar-refractivity contribution in [3.8, 4) is 11.5 Å². The molecule has 1 fully saturated rings. The Kier molecular flexibility index (Phi) is 5.32. The van der Waals surface area contributed by atoms with Crippen molar-refractivity contribution in [3.05, 3.63) is 41.9 Å². The molecular formula is C21H26N4O3. The number of anilines is 1. The van der Waals surface area contributed by atoms with Gasteiger partial charge in [-0.05, 0) is 42.5 Å². The van der Waals surface area contributed by atoms with Crippen LogP contribution in [0.25, 0.3) is 0 Å². The number of nitrogens with zero attached hydrogens (tertiary/aromatic N) is 4. The first-order chi connectivity index (χ1) is 13.7. The highest BCUT2D eigenvalue weighted by Gasteiger charge is 2.31. The van der Waals surface area contributed by atoms with Gasteiger partial charge in [-0.2, -0.15) is 0 Å². The normalized spacial score (nSPS) is 17.2. The largest absolute Gasteiger partial charge is 0.493 e. The second-order valence-electron chi connectivity index (χ2n) is 7.31. The van der Waals surface area contributed by atoms with E-state index in [0.29, 0.717) is 12.3 Å². The molecule has 3 heterocycles. The smallest absolute Gasteiger partial charge is 0.226 e. The van der Waals surface area contributed by atoms with Gasteiger partial charge >= 0.3 is 0 Å². The van der Waals surface area contributed by atoms with Crippen LogP contribution in [0.15, 0.2) is 30.7 Å². The minimum Gasteiger partial charge on any atom is -0.493 e. The van der Waals surface area contributed by atoms with E-state index in [9.17, 15) is 4.79 Å². The Balaban J connectivity index is 1.40. The Morgan fingerprint density at radius 3 is 2.39 bits per heavy atom. The molecule has 7 heteroatoms. The molecule has 1 amide bonds. The molecule has 1 aromatic heterocycles. The lowest BCUT2D eigenvalue weighted by Gasteiger charge is -2.36. The van der Waals surface area contributed by atoms with E-state index in [2.05, 4.69) is 14.9 Å². The van der Waals surface area contributed by atoms with Crippen LogP contribution < -0.4 is 14.4 Å². The van der Waals surface area contributed by atoms with Crippen LogP contribution in [0.1, 0.15) is 24.0 Å². The van der Waals surface area contributed by atoms with Crippen LogP contribution in [0.3, 0.4) is 0 Å². The van der Waals surface area contributed by atoms with Gasteiger partial charge in [-0.15, -0.1) is 0 Å². The third-order valence-corrected chi connectivity index (χ3v) is 5.75. The molecule has 0 unspecified atom stereocenters. The summed E-state index contributed by atoms with van der Waals surface area (Å²) in [6, 6.07) is 4.04. The van der Waals surface area contributed by atoms with Gasteiger partial charge in [0.1, 0.15) is 5.82 Å². The highest BCUT2D eigenvalue weighted by atomic mass is 16.5. The number of piperidine rings is 1. The third kappa shape index (κ3) is 3.61. The number of carbonyl (C=O) groups is 1. The fraction of sp³-hybridized carbons (Fsp3) is 0.476.